The Morgan fingerprint density at radius 1 is 0.579 bits per heavy atom. The van der Waals surface area contributed by atoms with Crippen LogP contribution in [0.25, 0.3) is 16.7 Å². The van der Waals surface area contributed by atoms with Crippen molar-refractivity contribution in [3.8, 4) is 11.1 Å². The summed E-state index contributed by atoms with van der Waals surface area (Å²) in [7, 11) is 0. The van der Waals surface area contributed by atoms with Crippen molar-refractivity contribution in [1.82, 2.24) is 0 Å². The van der Waals surface area contributed by atoms with E-state index in [0.717, 1.165) is 12.1 Å². The van der Waals surface area contributed by atoms with Crippen molar-refractivity contribution in [3.05, 3.63) is 180 Å². The molecule has 2 aliphatic carbocycles. The quantitative estimate of drug-likeness (QED) is 0.256. The van der Waals surface area contributed by atoms with E-state index in [1.165, 1.54) is 44.5 Å². The van der Waals surface area contributed by atoms with E-state index in [1.807, 2.05) is 0 Å². The van der Waals surface area contributed by atoms with Gasteiger partial charge in [-0.25, -0.2) is 0 Å². The Morgan fingerprint density at radius 3 is 1.84 bits per heavy atom. The Kier molecular flexibility index (Phi) is 5.56. The number of nitrogens with one attached hydrogen (secondary N) is 1. The van der Waals surface area contributed by atoms with Gasteiger partial charge in [0.25, 0.3) is 0 Å². The molecule has 0 radical (unpaired) electrons. The number of anilines is 1. The van der Waals surface area contributed by atoms with E-state index in [4.69, 9.17) is 0 Å². The summed E-state index contributed by atoms with van der Waals surface area (Å²) in [5, 5.41) is 3.79. The monoisotopic (exact) mass is 487 g/mol. The largest absolute Gasteiger partial charge is 0.379 e. The van der Waals surface area contributed by atoms with Crippen molar-refractivity contribution in [3.63, 3.8) is 0 Å². The predicted octanol–water partition coefficient (Wildman–Crippen LogP) is 8.87. The van der Waals surface area contributed by atoms with Gasteiger partial charge in [-0.2, -0.15) is 0 Å². The lowest BCUT2D eigenvalue weighted by molar-refractivity contribution is 0.768. The van der Waals surface area contributed by atoms with Gasteiger partial charge in [-0.3, -0.25) is 0 Å². The van der Waals surface area contributed by atoms with Crippen molar-refractivity contribution in [1.29, 1.82) is 0 Å². The molecule has 0 heterocycles. The number of benzene rings is 5. The lowest BCUT2D eigenvalue weighted by Gasteiger charge is -2.34. The molecule has 0 spiro atoms. The molecule has 182 valence electrons. The minimum absolute atomic E-state index is 0.269. The summed E-state index contributed by atoms with van der Waals surface area (Å²) in [5.41, 5.74) is 11.3. The molecular weight excluding hydrogens is 458 g/mol. The second-order valence-corrected chi connectivity index (χ2v) is 10.2. The average Bonchev–Trinajstić information content (AvgIpc) is 3.29. The SMILES string of the molecule is C1=CC(Nc2ccc3c(c2)-c2ccccc2C3(c2ccccc2)c2ccccc2)CC=C1c1ccccc1. The highest BCUT2D eigenvalue weighted by Gasteiger charge is 2.45. The highest BCUT2D eigenvalue weighted by atomic mass is 14.9. The first-order chi connectivity index (χ1) is 18.8. The van der Waals surface area contributed by atoms with E-state index < -0.39 is 0 Å². The van der Waals surface area contributed by atoms with Gasteiger partial charge in [-0.1, -0.05) is 140 Å². The molecule has 1 N–H and O–H groups in total. The van der Waals surface area contributed by atoms with E-state index in [0.29, 0.717) is 0 Å². The maximum absolute atomic E-state index is 3.79. The van der Waals surface area contributed by atoms with Crippen LogP contribution in [0.5, 0.6) is 0 Å². The second-order valence-electron chi connectivity index (χ2n) is 10.2. The molecule has 7 rings (SSSR count). The van der Waals surface area contributed by atoms with Gasteiger partial charge in [0.15, 0.2) is 0 Å². The van der Waals surface area contributed by atoms with E-state index in [2.05, 4.69) is 157 Å². The van der Waals surface area contributed by atoms with Gasteiger partial charge in [0, 0.05) is 11.7 Å². The summed E-state index contributed by atoms with van der Waals surface area (Å²) in [4.78, 5) is 0. The van der Waals surface area contributed by atoms with Crippen molar-refractivity contribution in [2.24, 2.45) is 0 Å². The van der Waals surface area contributed by atoms with Gasteiger partial charge in [-0.05, 0) is 63.1 Å². The fourth-order valence-corrected chi connectivity index (χ4v) is 6.33. The molecule has 0 aliphatic heterocycles. The Balaban J connectivity index is 1.29. The second kappa shape index (κ2) is 9.36. The van der Waals surface area contributed by atoms with E-state index in [-0.39, 0.29) is 11.5 Å². The third-order valence-electron chi connectivity index (χ3n) is 8.02. The van der Waals surface area contributed by atoms with Crippen LogP contribution in [-0.4, -0.2) is 6.04 Å². The maximum atomic E-state index is 3.79. The Hall–Kier alpha value is -4.62. The van der Waals surface area contributed by atoms with Crippen molar-refractivity contribution in [2.75, 3.05) is 5.32 Å². The minimum atomic E-state index is -0.342. The average molecular weight is 488 g/mol. The van der Waals surface area contributed by atoms with E-state index >= 15 is 0 Å². The Morgan fingerprint density at radius 2 is 1.18 bits per heavy atom. The lowest BCUT2D eigenvalue weighted by atomic mass is 9.68. The summed E-state index contributed by atoms with van der Waals surface area (Å²) in [6.45, 7) is 0. The fourth-order valence-electron chi connectivity index (χ4n) is 6.33. The van der Waals surface area contributed by atoms with Crippen molar-refractivity contribution in [2.45, 2.75) is 17.9 Å². The normalized spacial score (nSPS) is 16.8. The van der Waals surface area contributed by atoms with Crippen LogP contribution in [0.2, 0.25) is 0 Å². The van der Waals surface area contributed by atoms with Crippen LogP contribution in [0.15, 0.2) is 152 Å². The predicted molar refractivity (Wildman–Crippen MR) is 159 cm³/mol. The van der Waals surface area contributed by atoms with Gasteiger partial charge in [0.1, 0.15) is 0 Å². The molecule has 0 saturated heterocycles. The summed E-state index contributed by atoms with van der Waals surface area (Å²) in [6.07, 6.45) is 7.84. The highest BCUT2D eigenvalue weighted by Crippen LogP contribution is 2.56. The van der Waals surface area contributed by atoms with Crippen LogP contribution in [0.4, 0.5) is 5.69 Å². The molecule has 0 aromatic heterocycles. The number of hydrogen-bond donors (Lipinski definition) is 1. The summed E-state index contributed by atoms with van der Waals surface area (Å²) >= 11 is 0. The Labute approximate surface area is 224 Å². The van der Waals surface area contributed by atoms with Crippen LogP contribution in [-0.2, 0) is 5.41 Å². The molecule has 1 nitrogen and oxygen atoms in total. The van der Waals surface area contributed by atoms with Crippen LogP contribution >= 0.6 is 0 Å². The van der Waals surface area contributed by atoms with Crippen LogP contribution < -0.4 is 5.32 Å². The molecule has 5 aromatic carbocycles. The molecule has 0 amide bonds. The minimum Gasteiger partial charge on any atom is -0.379 e. The molecule has 0 bridgehead atoms. The summed E-state index contributed by atoms with van der Waals surface area (Å²) < 4.78 is 0. The number of fused-ring (bicyclic) bond motifs is 3. The third-order valence-corrected chi connectivity index (χ3v) is 8.02. The first kappa shape index (κ1) is 22.6. The fraction of sp³-hybridized carbons (Fsp3) is 0.0811. The zero-order valence-corrected chi connectivity index (χ0v) is 21.2. The molecule has 0 fully saturated rings. The molecule has 1 heteroatoms. The Bertz CT molecular complexity index is 1610. The standard InChI is InChI=1S/C37H29N/c1-4-12-27(13-5-1)28-20-22-31(23-21-28)38-32-24-25-36-34(26-32)33-18-10-11-19-35(33)37(36,29-14-6-2-7-15-29)30-16-8-3-9-17-30/h1-22,24-26,31,38H,23H2. The molecule has 0 saturated carbocycles. The van der Waals surface area contributed by atoms with Crippen molar-refractivity contribution >= 4 is 11.3 Å². The van der Waals surface area contributed by atoms with Crippen LogP contribution in [0.1, 0.15) is 34.2 Å². The highest BCUT2D eigenvalue weighted by molar-refractivity contribution is 5.88. The smallest absolute Gasteiger partial charge is 0.0713 e. The molecule has 38 heavy (non-hydrogen) atoms. The van der Waals surface area contributed by atoms with Crippen LogP contribution in [0, 0.1) is 0 Å². The van der Waals surface area contributed by atoms with Gasteiger partial charge in [0.05, 0.1) is 5.41 Å². The molecule has 1 unspecified atom stereocenters. The van der Waals surface area contributed by atoms with Gasteiger partial charge < -0.3 is 5.32 Å². The van der Waals surface area contributed by atoms with Crippen LogP contribution in [0.3, 0.4) is 0 Å². The maximum Gasteiger partial charge on any atom is 0.0713 e. The lowest BCUT2D eigenvalue weighted by Crippen LogP contribution is -2.28. The molecular formula is C37H29N. The van der Waals surface area contributed by atoms with Gasteiger partial charge >= 0.3 is 0 Å². The van der Waals surface area contributed by atoms with Gasteiger partial charge in [-0.15, -0.1) is 0 Å². The number of hydrogen-bond acceptors (Lipinski definition) is 1. The van der Waals surface area contributed by atoms with Gasteiger partial charge in [0.2, 0.25) is 0 Å². The first-order valence-corrected chi connectivity index (χ1v) is 13.4. The molecule has 1 atom stereocenters. The molecule has 5 aromatic rings. The zero-order valence-electron chi connectivity index (χ0n) is 21.2. The van der Waals surface area contributed by atoms with Crippen molar-refractivity contribution < 1.29 is 0 Å². The number of rotatable bonds is 5. The number of allylic oxidation sites excluding steroid dienone is 2. The zero-order chi connectivity index (χ0) is 25.4. The van der Waals surface area contributed by atoms with E-state index in [1.54, 1.807) is 0 Å². The van der Waals surface area contributed by atoms with E-state index in [9.17, 15) is 0 Å². The summed E-state index contributed by atoms with van der Waals surface area (Å²) in [6, 6.07) is 48.7. The summed E-state index contributed by atoms with van der Waals surface area (Å²) in [5.74, 6) is 0. The molecule has 2 aliphatic rings. The first-order valence-electron chi connectivity index (χ1n) is 13.4. The topological polar surface area (TPSA) is 12.0 Å². The third kappa shape index (κ3) is 3.63.